The van der Waals surface area contributed by atoms with Gasteiger partial charge in [-0.3, -0.25) is 0 Å². The van der Waals surface area contributed by atoms with Crippen molar-refractivity contribution >= 4 is 5.69 Å². The van der Waals surface area contributed by atoms with Gasteiger partial charge in [-0.05, 0) is 42.9 Å². The molecule has 1 unspecified atom stereocenters. The third-order valence-electron chi connectivity index (χ3n) is 4.22. The van der Waals surface area contributed by atoms with Crippen LogP contribution in [0.4, 0.5) is 5.69 Å². The Kier molecular flexibility index (Phi) is 5.26. The van der Waals surface area contributed by atoms with Gasteiger partial charge in [0.2, 0.25) is 0 Å². The summed E-state index contributed by atoms with van der Waals surface area (Å²) < 4.78 is 0. The zero-order chi connectivity index (χ0) is 13.7. The normalized spacial score (nSPS) is 17.2. The molecule has 1 aliphatic rings. The van der Waals surface area contributed by atoms with Crippen molar-refractivity contribution in [2.75, 3.05) is 18.0 Å². The largest absolute Gasteiger partial charge is 0.372 e. The van der Waals surface area contributed by atoms with Gasteiger partial charge in [0.15, 0.2) is 0 Å². The lowest BCUT2D eigenvalue weighted by molar-refractivity contribution is 0.387. The topological polar surface area (TPSA) is 15.3 Å². The molecule has 2 heteroatoms. The van der Waals surface area contributed by atoms with Crippen LogP contribution in [0.3, 0.4) is 0 Å². The summed E-state index contributed by atoms with van der Waals surface area (Å²) in [5, 5.41) is 3.66. The molecule has 1 atom stereocenters. The third-order valence-corrected chi connectivity index (χ3v) is 4.22. The summed E-state index contributed by atoms with van der Waals surface area (Å²) >= 11 is 0. The summed E-state index contributed by atoms with van der Waals surface area (Å²) in [5.74, 6) is 0.703. The summed E-state index contributed by atoms with van der Waals surface area (Å²) in [6.07, 6.45) is 3.88. The maximum atomic E-state index is 3.66. The van der Waals surface area contributed by atoms with Crippen LogP contribution in [-0.4, -0.2) is 19.1 Å². The predicted octanol–water partition coefficient (Wildman–Crippen LogP) is 3.81. The van der Waals surface area contributed by atoms with Gasteiger partial charge in [-0.25, -0.2) is 0 Å². The summed E-state index contributed by atoms with van der Waals surface area (Å²) in [4.78, 5) is 2.49. The van der Waals surface area contributed by atoms with Gasteiger partial charge in [-0.2, -0.15) is 0 Å². The zero-order valence-electron chi connectivity index (χ0n) is 12.7. The predicted molar refractivity (Wildman–Crippen MR) is 83.6 cm³/mol. The van der Waals surface area contributed by atoms with Crippen LogP contribution in [0.25, 0.3) is 0 Å². The van der Waals surface area contributed by atoms with Crippen LogP contribution in [0.2, 0.25) is 0 Å². The Morgan fingerprint density at radius 1 is 1.11 bits per heavy atom. The lowest BCUT2D eigenvalue weighted by atomic mass is 10.0. The molecular formula is C17H28N2. The number of nitrogens with zero attached hydrogens (tertiary/aromatic N) is 1. The number of benzene rings is 1. The molecule has 0 bridgehead atoms. The molecule has 1 aromatic carbocycles. The fraction of sp³-hybridized carbons (Fsp3) is 0.647. The Morgan fingerprint density at radius 2 is 1.74 bits per heavy atom. The Morgan fingerprint density at radius 3 is 2.26 bits per heavy atom. The molecule has 1 aromatic rings. The minimum Gasteiger partial charge on any atom is -0.372 e. The van der Waals surface area contributed by atoms with E-state index in [1.165, 1.54) is 43.6 Å². The van der Waals surface area contributed by atoms with Gasteiger partial charge in [0.1, 0.15) is 0 Å². The van der Waals surface area contributed by atoms with Crippen LogP contribution >= 0.6 is 0 Å². The van der Waals surface area contributed by atoms with E-state index in [0.29, 0.717) is 12.0 Å². The first-order valence-electron chi connectivity index (χ1n) is 7.78. The summed E-state index contributed by atoms with van der Waals surface area (Å²) in [7, 11) is 0. The number of nitrogens with one attached hydrogen (secondary N) is 1. The Labute approximate surface area is 118 Å². The van der Waals surface area contributed by atoms with Gasteiger partial charge >= 0.3 is 0 Å². The van der Waals surface area contributed by atoms with Gasteiger partial charge in [0.05, 0.1) is 0 Å². The third kappa shape index (κ3) is 3.97. The van der Waals surface area contributed by atoms with Crippen molar-refractivity contribution in [3.05, 3.63) is 29.8 Å². The molecule has 19 heavy (non-hydrogen) atoms. The first-order chi connectivity index (χ1) is 9.20. The molecule has 0 aliphatic carbocycles. The molecule has 2 nitrogen and oxygen atoms in total. The fourth-order valence-electron chi connectivity index (χ4n) is 2.90. The van der Waals surface area contributed by atoms with Crippen LogP contribution in [0.5, 0.6) is 0 Å². The van der Waals surface area contributed by atoms with Crippen molar-refractivity contribution in [2.24, 2.45) is 5.92 Å². The maximum Gasteiger partial charge on any atom is 0.0366 e. The zero-order valence-corrected chi connectivity index (χ0v) is 12.7. The number of rotatable bonds is 6. The maximum absolute atomic E-state index is 3.66. The summed E-state index contributed by atoms with van der Waals surface area (Å²) in [5.41, 5.74) is 2.78. The van der Waals surface area contributed by atoms with Crippen molar-refractivity contribution in [1.29, 1.82) is 0 Å². The van der Waals surface area contributed by atoms with E-state index >= 15 is 0 Å². The minimum atomic E-state index is 0.623. The van der Waals surface area contributed by atoms with Crippen LogP contribution in [0.1, 0.15) is 45.6 Å². The van der Waals surface area contributed by atoms with Gasteiger partial charge in [0.25, 0.3) is 0 Å². The van der Waals surface area contributed by atoms with Crippen molar-refractivity contribution in [2.45, 2.75) is 52.6 Å². The first-order valence-corrected chi connectivity index (χ1v) is 7.78. The Hall–Kier alpha value is -1.02. The van der Waals surface area contributed by atoms with Crippen LogP contribution < -0.4 is 10.2 Å². The van der Waals surface area contributed by atoms with Crippen molar-refractivity contribution in [3.8, 4) is 0 Å². The SMILES string of the molecule is CCC(NCc1ccc(N2CCCC2)cc1)C(C)C. The standard InChI is InChI=1S/C17H28N2/c1-4-17(14(2)3)18-13-15-7-9-16(10-8-15)19-11-5-6-12-19/h7-10,14,17-18H,4-6,11-13H2,1-3H3. The molecule has 1 N–H and O–H groups in total. The number of hydrogen-bond acceptors (Lipinski definition) is 2. The molecule has 0 amide bonds. The van der Waals surface area contributed by atoms with E-state index in [9.17, 15) is 0 Å². The van der Waals surface area contributed by atoms with Gasteiger partial charge in [0, 0.05) is 31.4 Å². The molecule has 1 saturated heterocycles. The quantitative estimate of drug-likeness (QED) is 0.836. The van der Waals surface area contributed by atoms with Crippen LogP contribution in [0, 0.1) is 5.92 Å². The van der Waals surface area contributed by atoms with E-state index in [-0.39, 0.29) is 0 Å². The average Bonchev–Trinajstić information content (AvgIpc) is 2.94. The highest BCUT2D eigenvalue weighted by Crippen LogP contribution is 2.20. The molecule has 1 heterocycles. The Balaban J connectivity index is 1.87. The average molecular weight is 260 g/mol. The molecule has 0 spiro atoms. The summed E-state index contributed by atoms with van der Waals surface area (Å²) in [6.45, 7) is 10.3. The second-order valence-corrected chi connectivity index (χ2v) is 6.00. The van der Waals surface area contributed by atoms with E-state index in [2.05, 4.69) is 55.3 Å². The monoisotopic (exact) mass is 260 g/mol. The molecule has 0 aromatic heterocycles. The molecule has 2 rings (SSSR count). The second-order valence-electron chi connectivity index (χ2n) is 6.00. The lowest BCUT2D eigenvalue weighted by Gasteiger charge is -2.21. The molecule has 0 radical (unpaired) electrons. The molecular weight excluding hydrogens is 232 g/mol. The second kappa shape index (κ2) is 6.95. The smallest absolute Gasteiger partial charge is 0.0366 e. The number of hydrogen-bond donors (Lipinski definition) is 1. The van der Waals surface area contributed by atoms with Gasteiger partial charge in [-0.1, -0.05) is 32.9 Å². The van der Waals surface area contributed by atoms with Crippen LogP contribution in [-0.2, 0) is 6.54 Å². The highest BCUT2D eigenvalue weighted by Gasteiger charge is 2.12. The van der Waals surface area contributed by atoms with E-state index in [1.54, 1.807) is 0 Å². The summed E-state index contributed by atoms with van der Waals surface area (Å²) in [6, 6.07) is 9.72. The minimum absolute atomic E-state index is 0.623. The highest BCUT2D eigenvalue weighted by molar-refractivity contribution is 5.48. The lowest BCUT2D eigenvalue weighted by Crippen LogP contribution is -2.32. The fourth-order valence-corrected chi connectivity index (χ4v) is 2.90. The van der Waals surface area contributed by atoms with E-state index < -0.39 is 0 Å². The Bertz CT molecular complexity index is 363. The van der Waals surface area contributed by atoms with Crippen molar-refractivity contribution in [1.82, 2.24) is 5.32 Å². The molecule has 0 saturated carbocycles. The van der Waals surface area contributed by atoms with E-state index in [0.717, 1.165) is 6.54 Å². The van der Waals surface area contributed by atoms with Gasteiger partial charge in [-0.15, -0.1) is 0 Å². The molecule has 106 valence electrons. The molecule has 1 aliphatic heterocycles. The first kappa shape index (κ1) is 14.4. The number of anilines is 1. The van der Waals surface area contributed by atoms with Crippen LogP contribution in [0.15, 0.2) is 24.3 Å². The van der Waals surface area contributed by atoms with E-state index in [1.807, 2.05) is 0 Å². The van der Waals surface area contributed by atoms with E-state index in [4.69, 9.17) is 0 Å². The van der Waals surface area contributed by atoms with Crippen molar-refractivity contribution < 1.29 is 0 Å². The van der Waals surface area contributed by atoms with Gasteiger partial charge < -0.3 is 10.2 Å². The highest BCUT2D eigenvalue weighted by atomic mass is 15.1. The van der Waals surface area contributed by atoms with Crippen molar-refractivity contribution in [3.63, 3.8) is 0 Å². The molecule has 1 fully saturated rings.